The molecule has 0 heterocycles. The minimum atomic E-state index is 0.848. The summed E-state index contributed by atoms with van der Waals surface area (Å²) in [6.45, 7) is 0. The summed E-state index contributed by atoms with van der Waals surface area (Å²) in [7, 11) is 1.43. The smallest absolute Gasteiger partial charge is 0.143 e. The van der Waals surface area contributed by atoms with E-state index in [0.717, 1.165) is 5.39 Å². The maximum absolute atomic E-state index is 4.42. The van der Waals surface area contributed by atoms with E-state index in [9.17, 15) is 0 Å². The third-order valence-electron chi connectivity index (χ3n) is 0.262. The van der Waals surface area contributed by atoms with Crippen molar-refractivity contribution in [2.24, 2.45) is 0 Å². The lowest BCUT2D eigenvalue weighted by Crippen LogP contribution is -2.13. The summed E-state index contributed by atoms with van der Waals surface area (Å²) in [6.07, 6.45) is 0. The van der Waals surface area contributed by atoms with E-state index in [0.29, 0.717) is 0 Å². The first kappa shape index (κ1) is 8.30. The van der Waals surface area contributed by atoms with Gasteiger partial charge in [-0.3, -0.25) is 4.84 Å². The van der Waals surface area contributed by atoms with E-state index in [1.54, 1.807) is 46.0 Å². The molecule has 0 rings (SSSR count). The Morgan fingerprint density at radius 2 is 1.71 bits per heavy atom. The van der Waals surface area contributed by atoms with Gasteiger partial charge in [0, 0.05) is 0 Å². The highest BCUT2D eigenvalue weighted by Crippen LogP contribution is 2.01. The van der Waals surface area contributed by atoms with E-state index >= 15 is 0 Å². The molecule has 0 aromatic carbocycles. The summed E-state index contributed by atoms with van der Waals surface area (Å²) in [6, 6.07) is 0. The van der Waals surface area contributed by atoms with Gasteiger partial charge in [-0.05, 0) is 0 Å². The molecular weight excluding hydrogens is 328 g/mol. The van der Waals surface area contributed by atoms with Gasteiger partial charge in [0.2, 0.25) is 0 Å². The lowest BCUT2D eigenvalue weighted by Gasteiger charge is -2.06. The Kier molecular flexibility index (Phi) is 6.45. The topological polar surface area (TPSA) is 30.9 Å². The molecule has 0 aromatic rings. The first-order valence-corrected chi connectivity index (χ1v) is 3.03. The Morgan fingerprint density at radius 3 is 1.71 bits per heavy atom. The normalized spacial score (nSPS) is 10.3. The zero-order chi connectivity index (χ0) is 5.70. The van der Waals surface area contributed by atoms with Crippen LogP contribution in [0.4, 0.5) is 0 Å². The number of hydrogen-bond donors (Lipinski definition) is 0. The zero-order valence-corrected chi connectivity index (χ0v) is 7.74. The Hall–Kier alpha value is 1.30. The van der Waals surface area contributed by atoms with Crippen LogP contribution in [0.2, 0.25) is 0 Å². The predicted molar refractivity (Wildman–Crippen MR) is 39.1 cm³/mol. The van der Waals surface area contributed by atoms with Crippen LogP contribution in [0.15, 0.2) is 0 Å². The molecule has 0 aliphatic rings. The Bertz CT molecular complexity index is 34.4. The number of hydrogen-bond acceptors (Lipinski definition) is 4. The fourth-order valence-electron chi connectivity index (χ4n) is 0.0670. The molecule has 0 N–H and O–H groups in total. The van der Waals surface area contributed by atoms with Gasteiger partial charge in [-0.1, -0.05) is 0 Å². The molecule has 7 heavy (non-hydrogen) atoms. The molecule has 0 spiro atoms. The van der Waals surface area contributed by atoms with E-state index in [1.165, 1.54) is 7.11 Å². The van der Waals surface area contributed by atoms with Crippen molar-refractivity contribution < 1.29 is 11.2 Å². The third kappa shape index (κ3) is 3.85. The highest BCUT2D eigenvalue weighted by atomic mass is 127. The monoisotopic (exact) mass is 331 g/mol. The summed E-state index contributed by atoms with van der Waals surface area (Å²) in [5.41, 5.74) is 0. The van der Waals surface area contributed by atoms with E-state index < -0.39 is 0 Å². The van der Waals surface area contributed by atoms with Crippen molar-refractivity contribution in [2.75, 3.05) is 7.11 Å². The van der Waals surface area contributed by atoms with Crippen LogP contribution in [0.5, 0.6) is 0 Å². The number of nitrogens with zero attached hydrogens (tertiary/aromatic N) is 1. The molecule has 0 aliphatic carbocycles. The van der Waals surface area contributed by atoms with Gasteiger partial charge in [-0.2, -0.15) is 6.33 Å². The fourth-order valence-corrected chi connectivity index (χ4v) is 0.857. The van der Waals surface area contributed by atoms with Crippen molar-refractivity contribution in [1.82, 2.24) is 5.39 Å². The first-order valence-electron chi connectivity index (χ1n) is 1.26. The predicted octanol–water partition coefficient (Wildman–Crippen LogP) is 1.41. The molecular formula is CH3I2NO3. The van der Waals surface area contributed by atoms with E-state index in [2.05, 4.69) is 11.2 Å². The van der Waals surface area contributed by atoms with E-state index in [4.69, 9.17) is 0 Å². The molecule has 0 unspecified atom stereocenters. The van der Waals surface area contributed by atoms with Gasteiger partial charge in [0.25, 0.3) is 0 Å². The second kappa shape index (κ2) is 5.44. The van der Waals surface area contributed by atoms with Gasteiger partial charge in [-0.25, -0.2) is 0 Å². The largest absolute Gasteiger partial charge is 0.253 e. The molecule has 0 bridgehead atoms. The van der Waals surface area contributed by atoms with E-state index in [-0.39, 0.29) is 0 Å². The van der Waals surface area contributed by atoms with Crippen molar-refractivity contribution in [3.63, 3.8) is 0 Å². The van der Waals surface area contributed by atoms with Gasteiger partial charge < -0.3 is 0 Å². The van der Waals surface area contributed by atoms with Gasteiger partial charge in [0.05, 0.1) is 12.5 Å². The van der Waals surface area contributed by atoms with Crippen LogP contribution >= 0.6 is 46.0 Å². The van der Waals surface area contributed by atoms with Crippen LogP contribution in [-0.2, 0) is 11.2 Å². The molecule has 0 amide bonds. The van der Waals surface area contributed by atoms with Crippen molar-refractivity contribution >= 4 is 46.0 Å². The summed E-state index contributed by atoms with van der Waals surface area (Å²) in [5.74, 6) is 0. The molecule has 0 fully saturated rings. The summed E-state index contributed by atoms with van der Waals surface area (Å²) in [4.78, 5) is 4.42. The second-order valence-corrected chi connectivity index (χ2v) is 1.33. The average Bonchev–Trinajstić information content (AvgIpc) is 1.72. The standard InChI is InChI=1S/CH3I2NO3/c1-5-4(6-2)7-3/h1H3. The molecule has 0 aliphatic heterocycles. The lowest BCUT2D eigenvalue weighted by atomic mass is 11.7. The molecule has 6 heteroatoms. The molecule has 0 atom stereocenters. The molecule has 0 saturated heterocycles. The Labute approximate surface area is 69.3 Å². The van der Waals surface area contributed by atoms with Crippen LogP contribution in [0.1, 0.15) is 0 Å². The minimum absolute atomic E-state index is 0.848. The van der Waals surface area contributed by atoms with E-state index in [1.807, 2.05) is 0 Å². The maximum Gasteiger partial charge on any atom is 0.143 e. The van der Waals surface area contributed by atoms with Crippen molar-refractivity contribution in [2.45, 2.75) is 0 Å². The number of rotatable bonds is 3. The van der Waals surface area contributed by atoms with Crippen molar-refractivity contribution in [3.8, 4) is 0 Å². The van der Waals surface area contributed by atoms with Crippen LogP contribution in [0, 0.1) is 0 Å². The van der Waals surface area contributed by atoms with Crippen molar-refractivity contribution in [1.29, 1.82) is 0 Å². The van der Waals surface area contributed by atoms with Gasteiger partial charge in [0.1, 0.15) is 46.0 Å². The third-order valence-corrected chi connectivity index (χ3v) is 0.905. The van der Waals surface area contributed by atoms with Gasteiger partial charge in [-0.15, -0.1) is 0 Å². The summed E-state index contributed by atoms with van der Waals surface area (Å²) >= 11 is 3.24. The van der Waals surface area contributed by atoms with Gasteiger partial charge >= 0.3 is 0 Å². The highest BCUT2D eigenvalue weighted by Gasteiger charge is 1.96. The summed E-state index contributed by atoms with van der Waals surface area (Å²) in [5, 5.41) is 0.848. The van der Waals surface area contributed by atoms with Crippen LogP contribution in [0.3, 0.4) is 0 Å². The maximum atomic E-state index is 4.42. The average molecular weight is 331 g/mol. The quantitative estimate of drug-likeness (QED) is 0.578. The highest BCUT2D eigenvalue weighted by molar-refractivity contribution is 14.1. The molecule has 0 saturated carbocycles. The minimum Gasteiger partial charge on any atom is -0.253 e. The second-order valence-electron chi connectivity index (χ2n) is 0.544. The molecule has 0 aromatic heterocycles. The first-order chi connectivity index (χ1) is 3.35. The number of halogens is 2. The summed E-state index contributed by atoms with van der Waals surface area (Å²) < 4.78 is 8.80. The molecule has 44 valence electrons. The Morgan fingerprint density at radius 1 is 1.29 bits per heavy atom. The SMILES string of the molecule is CON(OI)OI. The van der Waals surface area contributed by atoms with Crippen LogP contribution in [-0.4, -0.2) is 12.5 Å². The Balaban J connectivity index is 2.99. The zero-order valence-electron chi connectivity index (χ0n) is 3.43. The van der Waals surface area contributed by atoms with Gasteiger partial charge in [0.15, 0.2) is 0 Å². The lowest BCUT2D eigenvalue weighted by molar-refractivity contribution is -0.410. The fraction of sp³-hybridized carbons (Fsp3) is 1.00. The van der Waals surface area contributed by atoms with Crippen molar-refractivity contribution in [3.05, 3.63) is 0 Å². The van der Waals surface area contributed by atoms with Crippen LogP contribution in [0.25, 0.3) is 0 Å². The molecule has 4 nitrogen and oxygen atoms in total. The molecule has 0 radical (unpaired) electrons. The van der Waals surface area contributed by atoms with Crippen LogP contribution < -0.4 is 0 Å².